The van der Waals surface area contributed by atoms with E-state index in [9.17, 15) is 9.59 Å². The van der Waals surface area contributed by atoms with Crippen molar-refractivity contribution in [3.05, 3.63) is 55.1 Å². The molecule has 1 aromatic carbocycles. The van der Waals surface area contributed by atoms with Gasteiger partial charge in [0.15, 0.2) is 17.0 Å². The normalized spacial score (nSPS) is 13.3. The quantitative estimate of drug-likeness (QED) is 0.357. The van der Waals surface area contributed by atoms with E-state index >= 15 is 0 Å². The van der Waals surface area contributed by atoms with E-state index in [4.69, 9.17) is 4.98 Å². The fourth-order valence-corrected chi connectivity index (χ4v) is 3.96. The van der Waals surface area contributed by atoms with Crippen molar-refractivity contribution >= 4 is 51.8 Å². The minimum atomic E-state index is -0.129. The number of carbonyl (C=O) groups is 2. The van der Waals surface area contributed by atoms with Crippen LogP contribution in [0.15, 0.2) is 55.1 Å². The van der Waals surface area contributed by atoms with Gasteiger partial charge in [0.25, 0.3) is 0 Å². The summed E-state index contributed by atoms with van der Waals surface area (Å²) in [6.45, 7) is 3.45. The van der Waals surface area contributed by atoms with Crippen LogP contribution in [-0.2, 0) is 16.1 Å². The van der Waals surface area contributed by atoms with Crippen LogP contribution in [-0.4, -0.2) is 54.3 Å². The van der Waals surface area contributed by atoms with E-state index in [1.807, 2.05) is 45.9 Å². The van der Waals surface area contributed by atoms with Crippen molar-refractivity contribution in [2.75, 3.05) is 29.0 Å². The summed E-state index contributed by atoms with van der Waals surface area (Å²) in [5.74, 6) is 1.00. The molecule has 11 nitrogen and oxygen atoms in total. The van der Waals surface area contributed by atoms with Gasteiger partial charge in [0, 0.05) is 62.4 Å². The lowest BCUT2D eigenvalue weighted by Gasteiger charge is -2.16. The van der Waals surface area contributed by atoms with Crippen LogP contribution in [0.3, 0.4) is 0 Å². The summed E-state index contributed by atoms with van der Waals surface area (Å²) >= 11 is 0. The van der Waals surface area contributed by atoms with Gasteiger partial charge in [-0.1, -0.05) is 0 Å². The Bertz CT molecular complexity index is 1350. The molecule has 1 saturated heterocycles. The van der Waals surface area contributed by atoms with Crippen molar-refractivity contribution in [3.63, 3.8) is 0 Å². The molecule has 0 unspecified atom stereocenters. The molecular weight excluding hydrogens is 446 g/mol. The number of hydrogen-bond donors (Lipinski definition) is 3. The van der Waals surface area contributed by atoms with Crippen molar-refractivity contribution in [2.45, 2.75) is 26.3 Å². The summed E-state index contributed by atoms with van der Waals surface area (Å²) in [5, 5.41) is 9.29. The highest BCUT2D eigenvalue weighted by atomic mass is 16.2. The highest BCUT2D eigenvalue weighted by Crippen LogP contribution is 2.26. The molecule has 2 amide bonds. The number of rotatable bonds is 8. The Morgan fingerprint density at radius 1 is 0.971 bits per heavy atom. The van der Waals surface area contributed by atoms with Crippen molar-refractivity contribution in [1.82, 2.24) is 29.4 Å². The zero-order valence-corrected chi connectivity index (χ0v) is 19.2. The number of imidazole rings is 1. The minimum absolute atomic E-state index is 0.129. The Labute approximate surface area is 201 Å². The first-order valence-electron chi connectivity index (χ1n) is 11.4. The number of hydrogen-bond acceptors (Lipinski definition) is 8. The zero-order chi connectivity index (χ0) is 24.2. The molecule has 0 aliphatic carbocycles. The summed E-state index contributed by atoms with van der Waals surface area (Å²) in [7, 11) is 0. The maximum Gasteiger partial charge on any atom is 0.231 e. The minimum Gasteiger partial charge on any atom is -0.341 e. The van der Waals surface area contributed by atoms with Crippen molar-refractivity contribution in [2.24, 2.45) is 0 Å². The number of pyridine rings is 1. The zero-order valence-electron chi connectivity index (χ0n) is 19.2. The lowest BCUT2D eigenvalue weighted by Crippen LogP contribution is -2.28. The second kappa shape index (κ2) is 9.75. The molecule has 0 bridgehead atoms. The van der Waals surface area contributed by atoms with Crippen LogP contribution in [0.5, 0.6) is 0 Å². The van der Waals surface area contributed by atoms with Crippen LogP contribution in [0, 0.1) is 0 Å². The van der Waals surface area contributed by atoms with Crippen LogP contribution in [0.25, 0.3) is 11.2 Å². The third kappa shape index (κ3) is 5.18. The van der Waals surface area contributed by atoms with E-state index in [1.165, 1.54) is 6.92 Å². The highest BCUT2D eigenvalue weighted by molar-refractivity contribution is 5.90. The van der Waals surface area contributed by atoms with E-state index in [0.717, 1.165) is 24.3 Å². The van der Waals surface area contributed by atoms with Gasteiger partial charge in [-0.2, -0.15) is 9.97 Å². The maximum atomic E-state index is 12.0. The van der Waals surface area contributed by atoms with Crippen LogP contribution in [0.4, 0.5) is 28.8 Å². The summed E-state index contributed by atoms with van der Waals surface area (Å²) in [6, 6.07) is 11.0. The number of aromatic nitrogens is 5. The lowest BCUT2D eigenvalue weighted by atomic mass is 10.2. The molecule has 0 saturated carbocycles. The molecule has 178 valence electrons. The van der Waals surface area contributed by atoms with E-state index < -0.39 is 0 Å². The molecule has 4 heterocycles. The third-order valence-electron chi connectivity index (χ3n) is 5.65. The van der Waals surface area contributed by atoms with E-state index in [0.29, 0.717) is 48.1 Å². The molecule has 11 heteroatoms. The van der Waals surface area contributed by atoms with Gasteiger partial charge in [0.05, 0.1) is 6.33 Å². The van der Waals surface area contributed by atoms with Gasteiger partial charge in [-0.15, -0.1) is 0 Å². The Morgan fingerprint density at radius 2 is 1.71 bits per heavy atom. The van der Waals surface area contributed by atoms with Crippen molar-refractivity contribution < 1.29 is 9.59 Å². The molecule has 3 N–H and O–H groups in total. The van der Waals surface area contributed by atoms with Gasteiger partial charge in [0.1, 0.15) is 0 Å². The standard InChI is InChI=1S/C24H25N9O2/c1-16(34)27-17-4-6-18(7-5-17)28-22-21-23(31-24(30-22)29-19-8-10-25-11-9-19)33(15-26-21)14-13-32-12-2-3-20(32)35/h4-11,15H,2-3,12-14H2,1H3,(H,27,34)(H2,25,28,29,30,31). The summed E-state index contributed by atoms with van der Waals surface area (Å²) in [6.07, 6.45) is 6.62. The molecular formula is C24H25N9O2. The first-order chi connectivity index (χ1) is 17.0. The van der Waals surface area contributed by atoms with Crippen LogP contribution in [0.1, 0.15) is 19.8 Å². The molecule has 4 aromatic rings. The van der Waals surface area contributed by atoms with Gasteiger partial charge in [-0.05, 0) is 42.8 Å². The van der Waals surface area contributed by atoms with Crippen molar-refractivity contribution in [3.8, 4) is 0 Å². The predicted molar refractivity (Wildman–Crippen MR) is 133 cm³/mol. The molecule has 1 aliphatic heterocycles. The summed E-state index contributed by atoms with van der Waals surface area (Å²) < 4.78 is 1.94. The van der Waals surface area contributed by atoms with E-state index in [1.54, 1.807) is 18.7 Å². The Morgan fingerprint density at radius 3 is 2.43 bits per heavy atom. The van der Waals surface area contributed by atoms with Crippen molar-refractivity contribution in [1.29, 1.82) is 0 Å². The average molecular weight is 472 g/mol. The monoisotopic (exact) mass is 471 g/mol. The molecule has 1 fully saturated rings. The number of amides is 2. The van der Waals surface area contributed by atoms with Gasteiger partial charge in [0.2, 0.25) is 17.8 Å². The first kappa shape index (κ1) is 22.3. The second-order valence-corrected chi connectivity index (χ2v) is 8.23. The number of carbonyl (C=O) groups excluding carboxylic acids is 2. The number of anilines is 5. The van der Waals surface area contributed by atoms with Crippen LogP contribution < -0.4 is 16.0 Å². The average Bonchev–Trinajstić information content (AvgIpc) is 3.45. The molecule has 35 heavy (non-hydrogen) atoms. The second-order valence-electron chi connectivity index (χ2n) is 8.23. The fourth-order valence-electron chi connectivity index (χ4n) is 3.96. The molecule has 0 atom stereocenters. The van der Waals surface area contributed by atoms with Gasteiger partial charge in [-0.3, -0.25) is 14.6 Å². The molecule has 0 spiro atoms. The largest absolute Gasteiger partial charge is 0.341 e. The molecule has 5 rings (SSSR count). The lowest BCUT2D eigenvalue weighted by molar-refractivity contribution is -0.127. The number of nitrogens with one attached hydrogen (secondary N) is 3. The van der Waals surface area contributed by atoms with E-state index in [-0.39, 0.29) is 11.8 Å². The Hall–Kier alpha value is -4.54. The van der Waals surface area contributed by atoms with Crippen LogP contribution in [0.2, 0.25) is 0 Å². The van der Waals surface area contributed by atoms with Crippen LogP contribution >= 0.6 is 0 Å². The number of fused-ring (bicyclic) bond motifs is 1. The topological polar surface area (TPSA) is 130 Å². The molecule has 1 aliphatic rings. The molecule has 0 radical (unpaired) electrons. The number of likely N-dealkylation sites (tertiary alicyclic amines) is 1. The summed E-state index contributed by atoms with van der Waals surface area (Å²) in [4.78, 5) is 43.2. The highest BCUT2D eigenvalue weighted by Gasteiger charge is 2.20. The SMILES string of the molecule is CC(=O)Nc1ccc(Nc2nc(Nc3ccncc3)nc3c2ncn3CCN2CCCC2=O)cc1. The smallest absolute Gasteiger partial charge is 0.231 e. The third-order valence-corrected chi connectivity index (χ3v) is 5.65. The Kier molecular flexibility index (Phi) is 6.20. The number of nitrogens with zero attached hydrogens (tertiary/aromatic N) is 6. The predicted octanol–water partition coefficient (Wildman–Crippen LogP) is 3.29. The van der Waals surface area contributed by atoms with Gasteiger partial charge in [-0.25, -0.2) is 4.98 Å². The molecule has 3 aromatic heterocycles. The van der Waals surface area contributed by atoms with Gasteiger partial charge < -0.3 is 25.4 Å². The summed E-state index contributed by atoms with van der Waals surface area (Å²) in [5.41, 5.74) is 3.56. The van der Waals surface area contributed by atoms with E-state index in [2.05, 4.69) is 30.9 Å². The van der Waals surface area contributed by atoms with Gasteiger partial charge >= 0.3 is 0 Å². The maximum absolute atomic E-state index is 12.0. The Balaban J connectivity index is 1.45. The number of benzene rings is 1. The first-order valence-corrected chi connectivity index (χ1v) is 11.4. The fraction of sp³-hybridized carbons (Fsp3) is 0.250.